The molecule has 2 amide bonds. The van der Waals surface area contributed by atoms with Gasteiger partial charge < -0.3 is 19.3 Å². The molecular weight excluding hydrogens is 514 g/mol. The summed E-state index contributed by atoms with van der Waals surface area (Å²) in [6.07, 6.45) is 1.58. The highest BCUT2D eigenvalue weighted by Crippen LogP contribution is 2.39. The van der Waals surface area contributed by atoms with Crippen molar-refractivity contribution < 1.29 is 33.7 Å². The number of imide groups is 1. The van der Waals surface area contributed by atoms with Crippen molar-refractivity contribution in [1.29, 1.82) is 0 Å². The summed E-state index contributed by atoms with van der Waals surface area (Å²) < 4.78 is 16.3. The second-order valence-electron chi connectivity index (χ2n) is 6.44. The van der Waals surface area contributed by atoms with Gasteiger partial charge in [-0.1, -0.05) is 17.7 Å². The summed E-state index contributed by atoms with van der Waals surface area (Å²) in [6, 6.07) is 8.16. The summed E-state index contributed by atoms with van der Waals surface area (Å²) in [5.74, 6) is -0.149. The minimum absolute atomic E-state index is 0.00312. The van der Waals surface area contributed by atoms with Gasteiger partial charge in [0.1, 0.15) is 5.75 Å². The molecule has 0 aromatic heterocycles. The Kier molecular flexibility index (Phi) is 6.12. The Labute approximate surface area is 193 Å². The molecule has 1 saturated heterocycles. The third kappa shape index (κ3) is 4.65. The van der Waals surface area contributed by atoms with Crippen molar-refractivity contribution in [3.63, 3.8) is 0 Å². The van der Waals surface area contributed by atoms with E-state index in [2.05, 4.69) is 15.9 Å². The van der Waals surface area contributed by atoms with Gasteiger partial charge in [0, 0.05) is 11.1 Å². The van der Waals surface area contributed by atoms with Gasteiger partial charge in [-0.15, -0.1) is 0 Å². The van der Waals surface area contributed by atoms with E-state index in [1.54, 1.807) is 36.4 Å². The van der Waals surface area contributed by atoms with Crippen molar-refractivity contribution in [2.45, 2.75) is 6.54 Å². The summed E-state index contributed by atoms with van der Waals surface area (Å²) in [6.45, 7) is -0.377. The Morgan fingerprint density at radius 1 is 1.26 bits per heavy atom. The van der Waals surface area contributed by atoms with Crippen LogP contribution >= 0.6 is 39.3 Å². The summed E-state index contributed by atoms with van der Waals surface area (Å²) in [5, 5.41) is 8.67. The first-order valence-electron chi connectivity index (χ1n) is 8.79. The Morgan fingerprint density at radius 3 is 2.71 bits per heavy atom. The molecule has 2 aromatic rings. The van der Waals surface area contributed by atoms with E-state index in [0.717, 1.165) is 16.7 Å². The van der Waals surface area contributed by atoms with Gasteiger partial charge in [0.15, 0.2) is 18.1 Å². The van der Waals surface area contributed by atoms with Crippen LogP contribution in [0.4, 0.5) is 4.79 Å². The van der Waals surface area contributed by atoms with Crippen LogP contribution in [0, 0.1) is 0 Å². The number of amides is 2. The van der Waals surface area contributed by atoms with Crippen molar-refractivity contribution in [3.05, 3.63) is 55.9 Å². The zero-order chi connectivity index (χ0) is 22.1. The van der Waals surface area contributed by atoms with E-state index in [1.807, 2.05) is 0 Å². The second-order valence-corrected chi connectivity index (χ2v) is 8.69. The zero-order valence-corrected chi connectivity index (χ0v) is 18.8. The van der Waals surface area contributed by atoms with E-state index in [4.69, 9.17) is 30.9 Å². The summed E-state index contributed by atoms with van der Waals surface area (Å²) >= 11 is 10.4. The normalized spacial score (nSPS) is 16.3. The smallest absolute Gasteiger partial charge is 0.341 e. The molecule has 0 unspecified atom stereocenters. The van der Waals surface area contributed by atoms with Gasteiger partial charge in [-0.3, -0.25) is 14.5 Å². The lowest BCUT2D eigenvalue weighted by Gasteiger charge is -2.14. The van der Waals surface area contributed by atoms with Crippen LogP contribution in [0.3, 0.4) is 0 Å². The molecule has 8 nitrogen and oxygen atoms in total. The SMILES string of the molecule is O=C(O)COc1ccc(/C=C2\SC(=O)N(Cc3cc4c(cc3Cl)OCO4)C2=O)cc1Br. The van der Waals surface area contributed by atoms with E-state index in [1.165, 1.54) is 0 Å². The van der Waals surface area contributed by atoms with Gasteiger partial charge in [-0.05, 0) is 63.1 Å². The minimum atomic E-state index is -1.09. The van der Waals surface area contributed by atoms with Crippen molar-refractivity contribution >= 4 is 62.5 Å². The molecule has 0 radical (unpaired) electrons. The molecule has 2 heterocycles. The first-order valence-corrected chi connectivity index (χ1v) is 10.8. The number of carbonyl (C=O) groups is 3. The molecule has 160 valence electrons. The predicted octanol–water partition coefficient (Wildman–Crippen LogP) is 4.53. The molecule has 1 fully saturated rings. The molecule has 4 rings (SSSR count). The fourth-order valence-electron chi connectivity index (χ4n) is 2.90. The fourth-order valence-corrected chi connectivity index (χ4v) is 4.46. The lowest BCUT2D eigenvalue weighted by molar-refractivity contribution is -0.139. The van der Waals surface area contributed by atoms with Crippen LogP contribution in [0.15, 0.2) is 39.7 Å². The Hall–Kier alpha value is -2.69. The maximum absolute atomic E-state index is 12.8. The van der Waals surface area contributed by atoms with Crippen LogP contribution in [-0.4, -0.2) is 40.5 Å². The van der Waals surface area contributed by atoms with Crippen molar-refractivity contribution in [2.75, 3.05) is 13.4 Å². The molecule has 0 spiro atoms. The monoisotopic (exact) mass is 525 g/mol. The van der Waals surface area contributed by atoms with Crippen LogP contribution < -0.4 is 14.2 Å². The number of nitrogens with zero attached hydrogens (tertiary/aromatic N) is 1. The average molecular weight is 527 g/mol. The molecular formula is C20H13BrClNO7S. The molecule has 2 aliphatic heterocycles. The number of halogens is 2. The molecule has 0 bridgehead atoms. The molecule has 31 heavy (non-hydrogen) atoms. The van der Waals surface area contributed by atoms with Crippen LogP contribution in [0.2, 0.25) is 5.02 Å². The number of carbonyl (C=O) groups excluding carboxylic acids is 2. The number of benzene rings is 2. The minimum Gasteiger partial charge on any atom is -0.481 e. The quantitative estimate of drug-likeness (QED) is 0.548. The second kappa shape index (κ2) is 8.81. The molecule has 1 N–H and O–H groups in total. The topological polar surface area (TPSA) is 102 Å². The number of hydrogen-bond acceptors (Lipinski definition) is 7. The van der Waals surface area contributed by atoms with Crippen LogP contribution in [0.25, 0.3) is 6.08 Å². The summed E-state index contributed by atoms with van der Waals surface area (Å²) in [5.41, 5.74) is 1.21. The number of carboxylic acids is 1. The number of fused-ring (bicyclic) bond motifs is 1. The molecule has 0 saturated carbocycles. The Morgan fingerprint density at radius 2 is 2.00 bits per heavy atom. The van der Waals surface area contributed by atoms with Crippen LogP contribution in [0.1, 0.15) is 11.1 Å². The van der Waals surface area contributed by atoms with Crippen molar-refractivity contribution in [2.24, 2.45) is 0 Å². The van der Waals surface area contributed by atoms with Crippen molar-refractivity contribution in [1.82, 2.24) is 4.90 Å². The zero-order valence-electron chi connectivity index (χ0n) is 15.6. The van der Waals surface area contributed by atoms with Crippen molar-refractivity contribution in [3.8, 4) is 17.2 Å². The highest BCUT2D eigenvalue weighted by molar-refractivity contribution is 9.10. The van der Waals surface area contributed by atoms with Gasteiger partial charge in [0.2, 0.25) is 6.79 Å². The molecule has 11 heteroatoms. The molecule has 0 atom stereocenters. The van der Waals surface area contributed by atoms with Gasteiger partial charge >= 0.3 is 5.97 Å². The van der Waals surface area contributed by atoms with Crippen LogP contribution in [-0.2, 0) is 16.1 Å². The standard InChI is InChI=1S/C20H13BrClNO7S/c21-12-3-10(1-2-14(12)28-8-18(24)25)4-17-19(26)23(20(27)31-17)7-11-5-15-16(6-13(11)22)30-9-29-15/h1-6H,7-9H2,(H,24,25)/b17-4-. The van der Waals surface area contributed by atoms with E-state index >= 15 is 0 Å². The van der Waals surface area contributed by atoms with E-state index in [-0.39, 0.29) is 18.2 Å². The Bertz CT molecular complexity index is 1140. The third-order valence-electron chi connectivity index (χ3n) is 4.35. The first kappa shape index (κ1) is 21.5. The van der Waals surface area contributed by atoms with E-state index < -0.39 is 23.7 Å². The lowest BCUT2D eigenvalue weighted by Crippen LogP contribution is -2.27. The van der Waals surface area contributed by atoms with Gasteiger partial charge in [0.05, 0.1) is 15.9 Å². The number of ether oxygens (including phenoxy) is 3. The van der Waals surface area contributed by atoms with Crippen LogP contribution in [0.5, 0.6) is 17.2 Å². The highest BCUT2D eigenvalue weighted by atomic mass is 79.9. The summed E-state index contributed by atoms with van der Waals surface area (Å²) in [4.78, 5) is 37.3. The molecule has 2 aliphatic rings. The fraction of sp³-hybridized carbons (Fsp3) is 0.150. The number of hydrogen-bond donors (Lipinski definition) is 1. The lowest BCUT2D eigenvalue weighted by atomic mass is 10.1. The molecule has 0 aliphatic carbocycles. The van der Waals surface area contributed by atoms with Gasteiger partial charge in [-0.2, -0.15) is 0 Å². The number of aliphatic carboxylic acids is 1. The third-order valence-corrected chi connectivity index (χ3v) is 6.23. The predicted molar refractivity (Wildman–Crippen MR) is 116 cm³/mol. The Balaban J connectivity index is 1.51. The first-order chi connectivity index (χ1) is 14.8. The number of rotatable bonds is 6. The van der Waals surface area contributed by atoms with E-state index in [0.29, 0.717) is 37.9 Å². The summed E-state index contributed by atoms with van der Waals surface area (Å²) in [7, 11) is 0. The number of carboxylic acid groups (broad SMARTS) is 1. The average Bonchev–Trinajstić information content (AvgIpc) is 3.26. The number of thioether (sulfide) groups is 1. The largest absolute Gasteiger partial charge is 0.481 e. The maximum atomic E-state index is 12.8. The maximum Gasteiger partial charge on any atom is 0.341 e. The van der Waals surface area contributed by atoms with Gasteiger partial charge in [-0.25, -0.2) is 4.79 Å². The highest BCUT2D eigenvalue weighted by Gasteiger charge is 2.35. The van der Waals surface area contributed by atoms with E-state index in [9.17, 15) is 14.4 Å². The van der Waals surface area contributed by atoms with Gasteiger partial charge in [0.25, 0.3) is 11.1 Å². The molecule has 2 aromatic carbocycles.